The van der Waals surface area contributed by atoms with E-state index in [4.69, 9.17) is 0 Å². The Morgan fingerprint density at radius 2 is 2.50 bits per heavy atom. The number of carbonyl (C=O) groups is 1. The number of hydrazine groups is 1. The molecule has 68 valence electrons. The Bertz CT molecular complexity index is 190. The van der Waals surface area contributed by atoms with Crippen LogP contribution in [0.25, 0.3) is 0 Å². The van der Waals surface area contributed by atoms with E-state index in [1.807, 2.05) is 0 Å². The van der Waals surface area contributed by atoms with Crippen LogP contribution in [0.5, 0.6) is 0 Å². The molecule has 1 unspecified atom stereocenters. The van der Waals surface area contributed by atoms with E-state index >= 15 is 0 Å². The van der Waals surface area contributed by atoms with E-state index in [1.165, 1.54) is 0 Å². The summed E-state index contributed by atoms with van der Waals surface area (Å²) in [5.41, 5.74) is 2.69. The van der Waals surface area contributed by atoms with E-state index in [9.17, 15) is 4.79 Å². The number of rotatable bonds is 2. The highest BCUT2D eigenvalue weighted by Crippen LogP contribution is 1.98. The van der Waals surface area contributed by atoms with E-state index in [1.54, 1.807) is 25.4 Å². The SMILES string of the molecule is CN(C)NC(=O)C1CN=CNC1. The third kappa shape index (κ3) is 2.50. The van der Waals surface area contributed by atoms with Gasteiger partial charge in [0.05, 0.1) is 18.8 Å². The first kappa shape index (κ1) is 8.99. The number of aliphatic imine (C=N–C) groups is 1. The fourth-order valence-corrected chi connectivity index (χ4v) is 0.991. The Morgan fingerprint density at radius 3 is 3.00 bits per heavy atom. The number of nitrogens with zero attached hydrogens (tertiary/aromatic N) is 2. The van der Waals surface area contributed by atoms with Gasteiger partial charge in [-0.2, -0.15) is 0 Å². The maximum absolute atomic E-state index is 11.3. The standard InChI is InChI=1S/C7H14N4O/c1-11(2)10-7(12)6-3-8-5-9-4-6/h5-6H,3-4H2,1-2H3,(H,8,9)(H,10,12). The third-order valence-corrected chi connectivity index (χ3v) is 1.58. The molecule has 1 heterocycles. The largest absolute Gasteiger partial charge is 0.376 e. The molecule has 5 nitrogen and oxygen atoms in total. The molecule has 0 aliphatic carbocycles. The number of amides is 1. The number of hydrogen-bond donors (Lipinski definition) is 2. The van der Waals surface area contributed by atoms with Crippen molar-refractivity contribution in [1.82, 2.24) is 15.8 Å². The summed E-state index contributed by atoms with van der Waals surface area (Å²) in [6, 6.07) is 0. The van der Waals surface area contributed by atoms with Gasteiger partial charge in [0.25, 0.3) is 0 Å². The zero-order valence-electron chi connectivity index (χ0n) is 7.37. The molecule has 0 spiro atoms. The van der Waals surface area contributed by atoms with Crippen molar-refractivity contribution in [3.63, 3.8) is 0 Å². The van der Waals surface area contributed by atoms with Crippen molar-refractivity contribution in [3.05, 3.63) is 0 Å². The summed E-state index contributed by atoms with van der Waals surface area (Å²) in [6.07, 6.45) is 1.64. The second-order valence-electron chi connectivity index (χ2n) is 2.97. The summed E-state index contributed by atoms with van der Waals surface area (Å²) in [6.45, 7) is 1.25. The summed E-state index contributed by atoms with van der Waals surface area (Å²) in [5, 5.41) is 4.56. The van der Waals surface area contributed by atoms with Crippen LogP contribution in [-0.2, 0) is 4.79 Å². The molecule has 0 aromatic carbocycles. The van der Waals surface area contributed by atoms with Crippen LogP contribution in [0.4, 0.5) is 0 Å². The lowest BCUT2D eigenvalue weighted by Gasteiger charge is -2.20. The van der Waals surface area contributed by atoms with E-state index in [2.05, 4.69) is 15.7 Å². The first-order valence-electron chi connectivity index (χ1n) is 3.89. The molecular formula is C7H14N4O. The molecule has 0 fully saturated rings. The zero-order valence-corrected chi connectivity index (χ0v) is 7.37. The van der Waals surface area contributed by atoms with Crippen LogP contribution in [-0.4, -0.2) is 44.4 Å². The highest BCUT2D eigenvalue weighted by atomic mass is 16.2. The van der Waals surface area contributed by atoms with Crippen molar-refractivity contribution in [2.45, 2.75) is 0 Å². The highest BCUT2D eigenvalue weighted by Gasteiger charge is 2.19. The van der Waals surface area contributed by atoms with Gasteiger partial charge in [-0.05, 0) is 0 Å². The molecule has 12 heavy (non-hydrogen) atoms. The minimum Gasteiger partial charge on any atom is -0.376 e. The molecule has 1 amide bonds. The maximum Gasteiger partial charge on any atom is 0.241 e. The number of nitrogens with one attached hydrogen (secondary N) is 2. The van der Waals surface area contributed by atoms with Gasteiger partial charge in [0.15, 0.2) is 0 Å². The first-order valence-corrected chi connectivity index (χ1v) is 3.89. The van der Waals surface area contributed by atoms with Crippen LogP contribution in [0, 0.1) is 5.92 Å². The van der Waals surface area contributed by atoms with Crippen LogP contribution in [0.1, 0.15) is 0 Å². The quantitative estimate of drug-likeness (QED) is 0.513. The second kappa shape index (κ2) is 4.06. The normalized spacial score (nSPS) is 22.1. The summed E-state index contributed by atoms with van der Waals surface area (Å²) in [7, 11) is 3.58. The first-order chi connectivity index (χ1) is 5.70. The smallest absolute Gasteiger partial charge is 0.241 e. The average Bonchev–Trinajstić information content (AvgIpc) is 2.05. The van der Waals surface area contributed by atoms with Gasteiger partial charge in [-0.25, -0.2) is 5.01 Å². The molecule has 0 bridgehead atoms. The molecule has 1 rings (SSSR count). The number of carbonyl (C=O) groups excluding carboxylic acids is 1. The Hall–Kier alpha value is -1.10. The third-order valence-electron chi connectivity index (χ3n) is 1.58. The minimum absolute atomic E-state index is 0.0179. The molecule has 0 aromatic heterocycles. The predicted molar refractivity (Wildman–Crippen MR) is 46.7 cm³/mol. The zero-order chi connectivity index (χ0) is 8.97. The summed E-state index contributed by atoms with van der Waals surface area (Å²) in [5.74, 6) is -0.0262. The van der Waals surface area contributed by atoms with Gasteiger partial charge >= 0.3 is 0 Å². The fraction of sp³-hybridized carbons (Fsp3) is 0.714. The topological polar surface area (TPSA) is 56.7 Å². The van der Waals surface area contributed by atoms with Crippen molar-refractivity contribution in [2.24, 2.45) is 10.9 Å². The van der Waals surface area contributed by atoms with Gasteiger partial charge in [-0.15, -0.1) is 0 Å². The monoisotopic (exact) mass is 170 g/mol. The van der Waals surface area contributed by atoms with Crippen LogP contribution >= 0.6 is 0 Å². The van der Waals surface area contributed by atoms with Crippen LogP contribution in [0.2, 0.25) is 0 Å². The molecule has 2 N–H and O–H groups in total. The Labute approximate surface area is 71.8 Å². The lowest BCUT2D eigenvalue weighted by molar-refractivity contribution is -0.128. The van der Waals surface area contributed by atoms with Crippen molar-refractivity contribution in [1.29, 1.82) is 0 Å². The predicted octanol–water partition coefficient (Wildman–Crippen LogP) is -1.17. The highest BCUT2D eigenvalue weighted by molar-refractivity contribution is 5.79. The molecule has 0 saturated heterocycles. The minimum atomic E-state index is -0.0441. The van der Waals surface area contributed by atoms with Crippen LogP contribution in [0.3, 0.4) is 0 Å². The lowest BCUT2D eigenvalue weighted by Crippen LogP contribution is -2.45. The van der Waals surface area contributed by atoms with Gasteiger partial charge in [0.1, 0.15) is 0 Å². The van der Waals surface area contributed by atoms with Gasteiger partial charge in [0.2, 0.25) is 5.91 Å². The van der Waals surface area contributed by atoms with E-state index in [-0.39, 0.29) is 11.8 Å². The van der Waals surface area contributed by atoms with Gasteiger partial charge in [-0.1, -0.05) is 0 Å². The molecule has 1 aliphatic rings. The Kier molecular flexibility index (Phi) is 3.04. The lowest BCUT2D eigenvalue weighted by atomic mass is 10.1. The average molecular weight is 170 g/mol. The molecule has 1 atom stereocenters. The van der Waals surface area contributed by atoms with E-state index in [0.29, 0.717) is 13.1 Å². The summed E-state index contributed by atoms with van der Waals surface area (Å²) in [4.78, 5) is 15.3. The molecule has 1 aliphatic heterocycles. The maximum atomic E-state index is 11.3. The van der Waals surface area contributed by atoms with Crippen molar-refractivity contribution in [2.75, 3.05) is 27.2 Å². The molecular weight excluding hydrogens is 156 g/mol. The van der Waals surface area contributed by atoms with Crippen molar-refractivity contribution in [3.8, 4) is 0 Å². The van der Waals surface area contributed by atoms with Gasteiger partial charge < -0.3 is 5.32 Å². The summed E-state index contributed by atoms with van der Waals surface area (Å²) < 4.78 is 0. The summed E-state index contributed by atoms with van der Waals surface area (Å²) >= 11 is 0. The van der Waals surface area contributed by atoms with E-state index in [0.717, 1.165) is 0 Å². The van der Waals surface area contributed by atoms with Crippen LogP contribution < -0.4 is 10.7 Å². The van der Waals surface area contributed by atoms with E-state index < -0.39 is 0 Å². The molecule has 0 aromatic rings. The fourth-order valence-electron chi connectivity index (χ4n) is 0.991. The van der Waals surface area contributed by atoms with Crippen LogP contribution in [0.15, 0.2) is 4.99 Å². The van der Waals surface area contributed by atoms with Crippen molar-refractivity contribution < 1.29 is 4.79 Å². The number of hydrogen-bond acceptors (Lipinski definition) is 4. The van der Waals surface area contributed by atoms with Crippen molar-refractivity contribution >= 4 is 12.2 Å². The molecule has 5 heteroatoms. The van der Waals surface area contributed by atoms with Gasteiger partial charge in [-0.3, -0.25) is 15.2 Å². The van der Waals surface area contributed by atoms with Gasteiger partial charge in [0, 0.05) is 20.6 Å². The second-order valence-corrected chi connectivity index (χ2v) is 2.97. The Morgan fingerprint density at radius 1 is 1.75 bits per heavy atom. The molecule has 0 saturated carbocycles. The Balaban J connectivity index is 2.36. The molecule has 0 radical (unpaired) electrons.